The summed E-state index contributed by atoms with van der Waals surface area (Å²) in [5.74, 6) is 0.0469. The predicted molar refractivity (Wildman–Crippen MR) is 133 cm³/mol. The summed E-state index contributed by atoms with van der Waals surface area (Å²) in [5.41, 5.74) is 3.16. The van der Waals surface area contributed by atoms with Crippen LogP contribution in [0.1, 0.15) is 25.3 Å². The molecule has 1 N–H and O–H groups in total. The van der Waals surface area contributed by atoms with E-state index < -0.39 is 10.1 Å². The third-order valence-corrected chi connectivity index (χ3v) is 5.83. The number of carbonyl (C=O) groups is 1. The lowest BCUT2D eigenvalue weighted by Gasteiger charge is -2.16. The summed E-state index contributed by atoms with van der Waals surface area (Å²) in [5, 5.41) is 4.36. The van der Waals surface area contributed by atoms with E-state index in [1.165, 1.54) is 7.11 Å². The fourth-order valence-corrected chi connectivity index (χ4v) is 4.25. The molecule has 0 aliphatic rings. The Balaban J connectivity index is 1.48. The minimum Gasteiger partial charge on any atom is -0.469 e. The summed E-state index contributed by atoms with van der Waals surface area (Å²) in [6, 6.07) is 15.4. The molecule has 0 radical (unpaired) electrons. The zero-order valence-electron chi connectivity index (χ0n) is 19.8. The van der Waals surface area contributed by atoms with Crippen molar-refractivity contribution in [1.82, 2.24) is 4.57 Å². The fourth-order valence-electron chi connectivity index (χ4n) is 3.80. The maximum atomic E-state index is 11.6. The standard InChI is InChI=1S/C25H32N2O6S/c1-4-32-23(18-25(28)31-2)16-19-6-8-21(9-7-19)26-13-5-14-27-15-12-20-17-22(10-11-24(20)27)33-34(3,29)30/h6-12,15,17,23,26H,4-5,13-14,16,18H2,1-3H3. The summed E-state index contributed by atoms with van der Waals surface area (Å²) >= 11 is 0. The molecule has 9 heteroatoms. The molecule has 0 fully saturated rings. The monoisotopic (exact) mass is 488 g/mol. The van der Waals surface area contributed by atoms with Crippen molar-refractivity contribution in [2.24, 2.45) is 0 Å². The predicted octanol–water partition coefficient (Wildman–Crippen LogP) is 3.99. The van der Waals surface area contributed by atoms with Crippen molar-refractivity contribution >= 4 is 32.7 Å². The Bertz CT molecular complexity index is 1190. The van der Waals surface area contributed by atoms with Crippen molar-refractivity contribution in [1.29, 1.82) is 0 Å². The molecule has 1 unspecified atom stereocenters. The zero-order valence-corrected chi connectivity index (χ0v) is 20.6. The number of methoxy groups -OCH3 is 1. The Labute approximate surface area is 200 Å². The third kappa shape index (κ3) is 7.78. The van der Waals surface area contributed by atoms with Crippen LogP contribution in [0.15, 0.2) is 54.7 Å². The van der Waals surface area contributed by atoms with E-state index in [1.807, 2.05) is 49.5 Å². The number of rotatable bonds is 13. The number of nitrogens with zero attached hydrogens (tertiary/aromatic N) is 1. The molecule has 8 nitrogen and oxygen atoms in total. The number of aromatic nitrogens is 1. The van der Waals surface area contributed by atoms with Crippen molar-refractivity contribution in [2.75, 3.05) is 31.8 Å². The van der Waals surface area contributed by atoms with Gasteiger partial charge in [0.25, 0.3) is 0 Å². The molecular weight excluding hydrogens is 456 g/mol. The van der Waals surface area contributed by atoms with E-state index in [0.717, 1.165) is 47.9 Å². The second-order valence-electron chi connectivity index (χ2n) is 8.06. The topological polar surface area (TPSA) is 95.9 Å². The Hall–Kier alpha value is -3.04. The molecule has 1 atom stereocenters. The normalized spacial score (nSPS) is 12.4. The number of aryl methyl sites for hydroxylation is 1. The van der Waals surface area contributed by atoms with Gasteiger partial charge >= 0.3 is 16.1 Å². The number of benzene rings is 2. The van der Waals surface area contributed by atoms with Crippen molar-refractivity contribution in [3.05, 3.63) is 60.3 Å². The first-order chi connectivity index (χ1) is 16.3. The summed E-state index contributed by atoms with van der Waals surface area (Å²) < 4.78 is 40.2. The van der Waals surface area contributed by atoms with Crippen LogP contribution in [0.2, 0.25) is 0 Å². The highest BCUT2D eigenvalue weighted by Crippen LogP contribution is 2.23. The second-order valence-corrected chi connectivity index (χ2v) is 9.63. The van der Waals surface area contributed by atoms with Gasteiger partial charge in [-0.05, 0) is 61.7 Å². The Morgan fingerprint density at radius 1 is 1.12 bits per heavy atom. The Morgan fingerprint density at radius 2 is 1.88 bits per heavy atom. The highest BCUT2D eigenvalue weighted by Gasteiger charge is 2.15. The van der Waals surface area contributed by atoms with E-state index in [9.17, 15) is 13.2 Å². The van der Waals surface area contributed by atoms with Crippen LogP contribution in [0.4, 0.5) is 5.69 Å². The molecule has 0 aliphatic heterocycles. The molecule has 0 aliphatic carbocycles. The highest BCUT2D eigenvalue weighted by atomic mass is 32.2. The second kappa shape index (κ2) is 11.9. The first kappa shape index (κ1) is 25.6. The van der Waals surface area contributed by atoms with E-state index in [4.69, 9.17) is 13.7 Å². The molecule has 1 aromatic heterocycles. The van der Waals surface area contributed by atoms with Gasteiger partial charge in [0.05, 0.1) is 25.9 Å². The molecule has 0 saturated heterocycles. The van der Waals surface area contributed by atoms with Gasteiger partial charge in [0, 0.05) is 42.5 Å². The fraction of sp³-hybridized carbons (Fsp3) is 0.400. The van der Waals surface area contributed by atoms with Crippen molar-refractivity contribution in [3.63, 3.8) is 0 Å². The molecule has 1 heterocycles. The Morgan fingerprint density at radius 3 is 2.56 bits per heavy atom. The number of esters is 1. The van der Waals surface area contributed by atoms with Gasteiger partial charge in [-0.1, -0.05) is 12.1 Å². The summed E-state index contributed by atoms with van der Waals surface area (Å²) in [6.45, 7) is 4.09. The molecule has 0 amide bonds. The van der Waals surface area contributed by atoms with Crippen LogP contribution in [0.25, 0.3) is 10.9 Å². The molecular formula is C25H32N2O6S. The van der Waals surface area contributed by atoms with Crippen LogP contribution in [0.5, 0.6) is 5.75 Å². The van der Waals surface area contributed by atoms with Crippen LogP contribution in [0.3, 0.4) is 0 Å². The summed E-state index contributed by atoms with van der Waals surface area (Å²) in [6.07, 6.45) is 4.64. The van der Waals surface area contributed by atoms with Crippen molar-refractivity contribution in [2.45, 2.75) is 38.8 Å². The molecule has 184 valence electrons. The Kier molecular flexibility index (Phi) is 8.95. The van der Waals surface area contributed by atoms with Crippen LogP contribution < -0.4 is 9.50 Å². The minimum atomic E-state index is -3.54. The largest absolute Gasteiger partial charge is 0.469 e. The number of hydrogen-bond donors (Lipinski definition) is 1. The van der Waals surface area contributed by atoms with Crippen molar-refractivity contribution in [3.8, 4) is 5.75 Å². The average Bonchev–Trinajstić information content (AvgIpc) is 3.19. The lowest BCUT2D eigenvalue weighted by molar-refractivity contribution is -0.143. The summed E-state index contributed by atoms with van der Waals surface area (Å²) in [7, 11) is -2.15. The van der Waals surface area contributed by atoms with Gasteiger partial charge < -0.3 is 23.5 Å². The molecule has 3 aromatic rings. The number of carbonyl (C=O) groups excluding carboxylic acids is 1. The van der Waals surface area contributed by atoms with Crippen LogP contribution >= 0.6 is 0 Å². The van der Waals surface area contributed by atoms with Gasteiger partial charge in [-0.2, -0.15) is 8.42 Å². The van der Waals surface area contributed by atoms with E-state index in [0.29, 0.717) is 18.8 Å². The van der Waals surface area contributed by atoms with E-state index in [-0.39, 0.29) is 18.5 Å². The van der Waals surface area contributed by atoms with Gasteiger partial charge in [0.15, 0.2) is 0 Å². The third-order valence-electron chi connectivity index (χ3n) is 5.34. The number of fused-ring (bicyclic) bond motifs is 1. The number of hydrogen-bond acceptors (Lipinski definition) is 7. The lowest BCUT2D eigenvalue weighted by Crippen LogP contribution is -2.21. The molecule has 0 spiro atoms. The highest BCUT2D eigenvalue weighted by molar-refractivity contribution is 7.86. The van der Waals surface area contributed by atoms with Gasteiger partial charge in [-0.25, -0.2) is 0 Å². The summed E-state index contributed by atoms with van der Waals surface area (Å²) in [4.78, 5) is 11.6. The van der Waals surface area contributed by atoms with Gasteiger partial charge in [0.1, 0.15) is 5.75 Å². The first-order valence-corrected chi connectivity index (χ1v) is 13.1. The van der Waals surface area contributed by atoms with Gasteiger partial charge in [-0.3, -0.25) is 4.79 Å². The maximum absolute atomic E-state index is 11.6. The smallest absolute Gasteiger partial charge is 0.308 e. The van der Waals surface area contributed by atoms with Crippen molar-refractivity contribution < 1.29 is 26.9 Å². The van der Waals surface area contributed by atoms with Gasteiger partial charge in [-0.15, -0.1) is 0 Å². The average molecular weight is 489 g/mol. The molecule has 34 heavy (non-hydrogen) atoms. The first-order valence-electron chi connectivity index (χ1n) is 11.3. The SMILES string of the molecule is CCOC(CC(=O)OC)Cc1ccc(NCCCn2ccc3cc(OS(C)(=O)=O)ccc32)cc1. The molecule has 3 rings (SSSR count). The molecule has 0 saturated carbocycles. The lowest BCUT2D eigenvalue weighted by atomic mass is 10.1. The van der Waals surface area contributed by atoms with E-state index in [1.54, 1.807) is 12.1 Å². The number of nitrogens with one attached hydrogen (secondary N) is 1. The van der Waals surface area contributed by atoms with Gasteiger partial charge in [0.2, 0.25) is 0 Å². The van der Waals surface area contributed by atoms with Crippen LogP contribution in [-0.2, 0) is 37.4 Å². The zero-order chi connectivity index (χ0) is 24.6. The molecule has 2 aromatic carbocycles. The van der Waals surface area contributed by atoms with E-state index in [2.05, 4.69) is 9.88 Å². The minimum absolute atomic E-state index is 0.193. The van der Waals surface area contributed by atoms with Crippen LogP contribution in [0, 0.1) is 0 Å². The number of anilines is 1. The maximum Gasteiger partial charge on any atom is 0.308 e. The van der Waals surface area contributed by atoms with Crippen LogP contribution in [-0.4, -0.2) is 51.6 Å². The number of ether oxygens (including phenoxy) is 2. The van der Waals surface area contributed by atoms with E-state index >= 15 is 0 Å². The quantitative estimate of drug-likeness (QED) is 0.221. The molecule has 0 bridgehead atoms.